The van der Waals surface area contributed by atoms with Crippen LogP contribution in [-0.4, -0.2) is 46.8 Å². The number of ether oxygens (including phenoxy) is 2. The maximum atomic E-state index is 13.2. The van der Waals surface area contributed by atoms with Gasteiger partial charge in [0.05, 0.1) is 5.60 Å². The van der Waals surface area contributed by atoms with E-state index in [0.717, 1.165) is 0 Å². The average molecular weight is 448 g/mol. The summed E-state index contributed by atoms with van der Waals surface area (Å²) in [6, 6.07) is 0. The van der Waals surface area contributed by atoms with Crippen LogP contribution < -0.4 is 0 Å². The average Bonchev–Trinajstić information content (AvgIpc) is 2.63. The van der Waals surface area contributed by atoms with Gasteiger partial charge in [0, 0.05) is 5.57 Å². The number of halogens is 6. The van der Waals surface area contributed by atoms with Crippen molar-refractivity contribution in [3.8, 4) is 0 Å². The zero-order chi connectivity index (χ0) is 23.5. The van der Waals surface area contributed by atoms with E-state index in [4.69, 9.17) is 9.47 Å². The Balaban J connectivity index is 3.17. The normalized spacial score (nSPS) is 22.5. The molecule has 1 fully saturated rings. The first kappa shape index (κ1) is 26.7. The van der Waals surface area contributed by atoms with Gasteiger partial charge in [-0.3, -0.25) is 0 Å². The van der Waals surface area contributed by atoms with Crippen molar-refractivity contribution in [2.75, 3.05) is 0 Å². The Morgan fingerprint density at radius 2 is 1.60 bits per heavy atom. The Morgan fingerprint density at radius 1 is 1.10 bits per heavy atom. The Labute approximate surface area is 172 Å². The van der Waals surface area contributed by atoms with Crippen molar-refractivity contribution in [2.24, 2.45) is 5.92 Å². The molecule has 1 aliphatic carbocycles. The standard InChI is InChI=1S/C20H30F6O4/c1-6-17(7-2,14-9-8-10-15(11-14)29-16(27)12(3)4)30-13(5)18(28,19(21,22)23)20(24,25)26/h13-15,28H,3,6-11H2,1-2,4-5H3. The Bertz CT molecular complexity index is 595. The predicted molar refractivity (Wildman–Crippen MR) is 97.6 cm³/mol. The van der Waals surface area contributed by atoms with Gasteiger partial charge in [0.2, 0.25) is 0 Å². The molecule has 0 spiro atoms. The fourth-order valence-electron chi connectivity index (χ4n) is 4.13. The molecule has 10 heteroatoms. The third-order valence-corrected chi connectivity index (χ3v) is 6.05. The van der Waals surface area contributed by atoms with Crippen LogP contribution in [0.15, 0.2) is 12.2 Å². The molecule has 0 aromatic heterocycles. The van der Waals surface area contributed by atoms with Crippen LogP contribution in [0.4, 0.5) is 26.3 Å². The maximum absolute atomic E-state index is 13.2. The van der Waals surface area contributed by atoms with Crippen molar-refractivity contribution in [1.82, 2.24) is 0 Å². The molecule has 4 nitrogen and oxygen atoms in total. The largest absolute Gasteiger partial charge is 0.459 e. The van der Waals surface area contributed by atoms with Gasteiger partial charge in [-0.15, -0.1) is 0 Å². The van der Waals surface area contributed by atoms with E-state index in [9.17, 15) is 36.2 Å². The molecule has 30 heavy (non-hydrogen) atoms. The van der Waals surface area contributed by atoms with E-state index >= 15 is 0 Å². The second-order valence-corrected chi connectivity index (χ2v) is 7.97. The zero-order valence-electron chi connectivity index (χ0n) is 17.6. The van der Waals surface area contributed by atoms with Crippen molar-refractivity contribution < 1.29 is 45.7 Å². The monoisotopic (exact) mass is 448 g/mol. The number of rotatable bonds is 8. The first-order valence-electron chi connectivity index (χ1n) is 9.95. The molecular formula is C20H30F6O4. The molecule has 1 N–H and O–H groups in total. The van der Waals surface area contributed by atoms with Crippen LogP contribution in [0.3, 0.4) is 0 Å². The number of hydrogen-bond acceptors (Lipinski definition) is 4. The number of esters is 1. The maximum Gasteiger partial charge on any atom is 0.428 e. The summed E-state index contributed by atoms with van der Waals surface area (Å²) in [4.78, 5) is 11.8. The van der Waals surface area contributed by atoms with Crippen LogP contribution in [0.25, 0.3) is 0 Å². The summed E-state index contributed by atoms with van der Waals surface area (Å²) in [5.41, 5.74) is -6.16. The lowest BCUT2D eigenvalue weighted by atomic mass is 9.72. The fraction of sp³-hybridized carbons (Fsp3) is 0.850. The molecule has 0 saturated heterocycles. The van der Waals surface area contributed by atoms with E-state index in [-0.39, 0.29) is 24.8 Å². The van der Waals surface area contributed by atoms with Crippen LogP contribution in [0.5, 0.6) is 0 Å². The summed E-state index contributed by atoms with van der Waals surface area (Å²) in [6.45, 7) is 8.78. The van der Waals surface area contributed by atoms with Crippen molar-refractivity contribution in [3.05, 3.63) is 12.2 Å². The van der Waals surface area contributed by atoms with Crippen LogP contribution in [0.2, 0.25) is 0 Å². The summed E-state index contributed by atoms with van der Waals surface area (Å²) in [5.74, 6) is -1.05. The minimum absolute atomic E-state index is 0.130. The number of carbonyl (C=O) groups excluding carboxylic acids is 1. The highest BCUT2D eigenvalue weighted by atomic mass is 19.4. The van der Waals surface area contributed by atoms with Gasteiger partial charge in [0.25, 0.3) is 5.60 Å². The molecule has 0 heterocycles. The third-order valence-electron chi connectivity index (χ3n) is 6.05. The van der Waals surface area contributed by atoms with E-state index in [1.807, 2.05) is 0 Å². The zero-order valence-corrected chi connectivity index (χ0v) is 17.6. The van der Waals surface area contributed by atoms with Crippen molar-refractivity contribution in [2.45, 2.75) is 102 Å². The summed E-state index contributed by atoms with van der Waals surface area (Å²) < 4.78 is 90.2. The lowest BCUT2D eigenvalue weighted by Gasteiger charge is -2.47. The molecule has 0 aromatic carbocycles. The van der Waals surface area contributed by atoms with Gasteiger partial charge in [-0.2, -0.15) is 26.3 Å². The van der Waals surface area contributed by atoms with Gasteiger partial charge in [0.15, 0.2) is 0 Å². The molecule has 3 unspecified atom stereocenters. The first-order valence-corrected chi connectivity index (χ1v) is 9.95. The first-order chi connectivity index (χ1) is 13.6. The van der Waals surface area contributed by atoms with Crippen molar-refractivity contribution in [1.29, 1.82) is 0 Å². The lowest BCUT2D eigenvalue weighted by molar-refractivity contribution is -0.401. The second-order valence-electron chi connectivity index (χ2n) is 7.97. The molecule has 3 atom stereocenters. The van der Waals surface area contributed by atoms with Crippen LogP contribution >= 0.6 is 0 Å². The highest BCUT2D eigenvalue weighted by Gasteiger charge is 2.74. The second kappa shape index (κ2) is 9.46. The van der Waals surface area contributed by atoms with Gasteiger partial charge in [-0.25, -0.2) is 4.79 Å². The van der Waals surface area contributed by atoms with E-state index in [2.05, 4.69) is 6.58 Å². The van der Waals surface area contributed by atoms with Gasteiger partial charge in [-0.05, 0) is 58.3 Å². The Hall–Kier alpha value is -1.29. The quantitative estimate of drug-likeness (QED) is 0.303. The van der Waals surface area contributed by atoms with E-state index < -0.39 is 47.6 Å². The molecule has 0 bridgehead atoms. The highest BCUT2D eigenvalue weighted by Crippen LogP contribution is 2.49. The Kier molecular flexibility index (Phi) is 8.43. The topological polar surface area (TPSA) is 55.8 Å². The van der Waals surface area contributed by atoms with Crippen molar-refractivity contribution in [3.63, 3.8) is 0 Å². The third kappa shape index (κ3) is 5.30. The molecule has 0 aliphatic heterocycles. The molecule has 1 aliphatic rings. The minimum Gasteiger partial charge on any atom is -0.459 e. The van der Waals surface area contributed by atoms with Gasteiger partial charge < -0.3 is 14.6 Å². The smallest absolute Gasteiger partial charge is 0.428 e. The highest BCUT2D eigenvalue weighted by molar-refractivity contribution is 5.87. The van der Waals surface area contributed by atoms with E-state index in [1.54, 1.807) is 13.8 Å². The fourth-order valence-corrected chi connectivity index (χ4v) is 4.13. The van der Waals surface area contributed by atoms with Crippen LogP contribution in [0, 0.1) is 5.92 Å². The molecule has 1 saturated carbocycles. The number of aliphatic hydroxyl groups is 1. The van der Waals surface area contributed by atoms with Gasteiger partial charge in [-0.1, -0.05) is 20.4 Å². The lowest BCUT2D eigenvalue weighted by Crippen LogP contribution is -2.65. The molecule has 0 amide bonds. The van der Waals surface area contributed by atoms with Gasteiger partial charge >= 0.3 is 18.3 Å². The van der Waals surface area contributed by atoms with E-state index in [1.165, 1.54) is 6.92 Å². The number of carbonyl (C=O) groups is 1. The van der Waals surface area contributed by atoms with Crippen LogP contribution in [0.1, 0.15) is 66.2 Å². The Morgan fingerprint density at radius 3 is 2.00 bits per heavy atom. The number of hydrogen-bond donors (Lipinski definition) is 1. The summed E-state index contributed by atoms with van der Waals surface area (Å²) in [5, 5.41) is 9.68. The summed E-state index contributed by atoms with van der Waals surface area (Å²) in [7, 11) is 0. The molecule has 0 radical (unpaired) electrons. The van der Waals surface area contributed by atoms with Crippen molar-refractivity contribution >= 4 is 5.97 Å². The number of alkyl halides is 6. The summed E-state index contributed by atoms with van der Waals surface area (Å²) in [6.07, 6.45) is -13.0. The van der Waals surface area contributed by atoms with E-state index in [0.29, 0.717) is 26.2 Å². The van der Waals surface area contributed by atoms with Gasteiger partial charge in [0.1, 0.15) is 12.2 Å². The SMILES string of the molecule is C=C(C)C(=O)OC1CCCC(C(CC)(CC)OC(C)C(O)(C(F)(F)F)C(F)(F)F)C1. The predicted octanol–water partition coefficient (Wildman–Crippen LogP) is 5.48. The molecule has 1 rings (SSSR count). The molecule has 0 aromatic rings. The van der Waals surface area contributed by atoms with Crippen LogP contribution in [-0.2, 0) is 14.3 Å². The summed E-state index contributed by atoms with van der Waals surface area (Å²) >= 11 is 0. The molecule has 176 valence electrons. The minimum atomic E-state index is -5.97. The molecular weight excluding hydrogens is 418 g/mol.